The number of imidazole rings is 1. The summed E-state index contributed by atoms with van der Waals surface area (Å²) >= 11 is 7.49. The Morgan fingerprint density at radius 3 is 3.06 bits per heavy atom. The summed E-state index contributed by atoms with van der Waals surface area (Å²) in [4.78, 5) is 14.3. The third kappa shape index (κ3) is 2.68. The number of H-pyrrole nitrogens is 1. The standard InChI is InChI=1S/C11H11IN2O2S/c1-16-10(15)4-5-14-9-3-2-7(12)6-8(9)13-11(14)17/h2-3,6H,4-5H2,1H3,(H,13,17). The molecule has 0 radical (unpaired) electrons. The number of aromatic amines is 1. The lowest BCUT2D eigenvalue weighted by molar-refractivity contribution is -0.140. The van der Waals surface area contributed by atoms with Crippen molar-refractivity contribution in [1.29, 1.82) is 0 Å². The largest absolute Gasteiger partial charge is 0.469 e. The van der Waals surface area contributed by atoms with E-state index in [0.29, 0.717) is 17.7 Å². The van der Waals surface area contributed by atoms with Gasteiger partial charge in [-0.15, -0.1) is 0 Å². The summed E-state index contributed by atoms with van der Waals surface area (Å²) in [5, 5.41) is 0. The number of aryl methyl sites for hydroxylation is 1. The lowest BCUT2D eigenvalue weighted by atomic mass is 10.3. The molecule has 0 saturated heterocycles. The van der Waals surface area contributed by atoms with E-state index in [0.717, 1.165) is 14.6 Å². The smallest absolute Gasteiger partial charge is 0.307 e. The minimum Gasteiger partial charge on any atom is -0.469 e. The molecule has 0 amide bonds. The first-order valence-corrected chi connectivity index (χ1v) is 6.55. The van der Waals surface area contributed by atoms with Gasteiger partial charge in [-0.2, -0.15) is 0 Å². The molecule has 0 unspecified atom stereocenters. The van der Waals surface area contributed by atoms with Crippen LogP contribution in [0.3, 0.4) is 0 Å². The zero-order valence-electron chi connectivity index (χ0n) is 9.20. The van der Waals surface area contributed by atoms with Crippen molar-refractivity contribution in [1.82, 2.24) is 9.55 Å². The van der Waals surface area contributed by atoms with Crippen LogP contribution in [0.15, 0.2) is 18.2 Å². The van der Waals surface area contributed by atoms with Gasteiger partial charge in [0.05, 0.1) is 24.6 Å². The number of fused-ring (bicyclic) bond motifs is 1. The summed E-state index contributed by atoms with van der Waals surface area (Å²) in [7, 11) is 1.39. The number of aromatic nitrogens is 2. The third-order valence-corrected chi connectivity index (χ3v) is 3.50. The van der Waals surface area contributed by atoms with Gasteiger partial charge in [-0.1, -0.05) is 0 Å². The van der Waals surface area contributed by atoms with Crippen LogP contribution in [0.2, 0.25) is 0 Å². The molecule has 0 atom stereocenters. The van der Waals surface area contributed by atoms with Gasteiger partial charge in [-0.05, 0) is 53.0 Å². The number of nitrogens with one attached hydrogen (secondary N) is 1. The Morgan fingerprint density at radius 2 is 2.35 bits per heavy atom. The number of rotatable bonds is 3. The monoisotopic (exact) mass is 362 g/mol. The van der Waals surface area contributed by atoms with E-state index >= 15 is 0 Å². The zero-order valence-corrected chi connectivity index (χ0v) is 12.2. The van der Waals surface area contributed by atoms with Crippen LogP contribution in [0.25, 0.3) is 11.0 Å². The number of methoxy groups -OCH3 is 1. The van der Waals surface area contributed by atoms with Crippen LogP contribution < -0.4 is 0 Å². The molecule has 90 valence electrons. The van der Waals surface area contributed by atoms with Gasteiger partial charge in [0.2, 0.25) is 0 Å². The van der Waals surface area contributed by atoms with Gasteiger partial charge in [0.25, 0.3) is 0 Å². The maximum Gasteiger partial charge on any atom is 0.307 e. The second-order valence-electron chi connectivity index (χ2n) is 3.57. The van der Waals surface area contributed by atoms with Gasteiger partial charge in [0.1, 0.15) is 0 Å². The molecule has 0 aliphatic heterocycles. The fraction of sp³-hybridized carbons (Fsp3) is 0.273. The molecule has 0 bridgehead atoms. The zero-order chi connectivity index (χ0) is 12.4. The number of nitrogens with zero attached hydrogens (tertiary/aromatic N) is 1. The first-order chi connectivity index (χ1) is 8.11. The van der Waals surface area contributed by atoms with Gasteiger partial charge in [0.15, 0.2) is 4.77 Å². The molecule has 0 spiro atoms. The Labute approximate surface area is 117 Å². The second-order valence-corrected chi connectivity index (χ2v) is 5.20. The van der Waals surface area contributed by atoms with E-state index in [-0.39, 0.29) is 5.97 Å². The predicted molar refractivity (Wildman–Crippen MR) is 76.5 cm³/mol. The van der Waals surface area contributed by atoms with Gasteiger partial charge < -0.3 is 14.3 Å². The molecule has 0 saturated carbocycles. The Bertz CT molecular complexity index is 617. The van der Waals surface area contributed by atoms with Crippen LogP contribution in [-0.4, -0.2) is 22.6 Å². The van der Waals surface area contributed by atoms with Crippen molar-refractivity contribution in [2.75, 3.05) is 7.11 Å². The van der Waals surface area contributed by atoms with Gasteiger partial charge in [-0.3, -0.25) is 4.79 Å². The summed E-state index contributed by atoms with van der Waals surface area (Å²) in [6, 6.07) is 6.04. The van der Waals surface area contributed by atoms with Gasteiger partial charge in [-0.25, -0.2) is 0 Å². The molecule has 17 heavy (non-hydrogen) atoms. The molecule has 0 aliphatic carbocycles. The van der Waals surface area contributed by atoms with Crippen molar-refractivity contribution >= 4 is 51.8 Å². The second kappa shape index (κ2) is 5.18. The van der Waals surface area contributed by atoms with E-state index in [1.807, 2.05) is 22.8 Å². The number of esters is 1. The topological polar surface area (TPSA) is 47.0 Å². The molecule has 4 nitrogen and oxygen atoms in total. The highest BCUT2D eigenvalue weighted by Crippen LogP contribution is 2.17. The summed E-state index contributed by atoms with van der Waals surface area (Å²) in [6.45, 7) is 0.534. The van der Waals surface area contributed by atoms with Gasteiger partial charge >= 0.3 is 5.97 Å². The average molecular weight is 362 g/mol. The van der Waals surface area contributed by atoms with Crippen LogP contribution in [0, 0.1) is 8.34 Å². The highest BCUT2D eigenvalue weighted by atomic mass is 127. The summed E-state index contributed by atoms with van der Waals surface area (Å²) in [5.41, 5.74) is 2.01. The molecule has 6 heteroatoms. The van der Waals surface area contributed by atoms with Crippen molar-refractivity contribution in [3.8, 4) is 0 Å². The van der Waals surface area contributed by atoms with Crippen molar-refractivity contribution in [2.24, 2.45) is 0 Å². The Morgan fingerprint density at radius 1 is 1.59 bits per heavy atom. The normalized spacial score (nSPS) is 10.7. The van der Waals surface area contributed by atoms with Crippen LogP contribution in [0.5, 0.6) is 0 Å². The van der Waals surface area contributed by atoms with Crippen LogP contribution in [0.4, 0.5) is 0 Å². The maximum atomic E-state index is 11.1. The molecule has 2 aromatic rings. The number of ether oxygens (including phenoxy) is 1. The highest BCUT2D eigenvalue weighted by Gasteiger charge is 2.07. The molecule has 0 aliphatic rings. The van der Waals surface area contributed by atoms with Crippen LogP contribution in [-0.2, 0) is 16.1 Å². The van der Waals surface area contributed by atoms with E-state index < -0.39 is 0 Å². The lowest BCUT2D eigenvalue weighted by Crippen LogP contribution is -2.06. The van der Waals surface area contributed by atoms with Crippen LogP contribution in [0.1, 0.15) is 6.42 Å². The van der Waals surface area contributed by atoms with E-state index in [4.69, 9.17) is 12.2 Å². The van der Waals surface area contributed by atoms with Crippen molar-refractivity contribution in [3.05, 3.63) is 26.5 Å². The summed E-state index contributed by atoms with van der Waals surface area (Å²) < 4.78 is 8.31. The van der Waals surface area contributed by atoms with E-state index in [1.54, 1.807) is 0 Å². The summed E-state index contributed by atoms with van der Waals surface area (Å²) in [6.07, 6.45) is 0.323. The minimum absolute atomic E-state index is 0.230. The van der Waals surface area contributed by atoms with Crippen molar-refractivity contribution in [3.63, 3.8) is 0 Å². The predicted octanol–water partition coefficient (Wildman–Crippen LogP) is 2.87. The van der Waals surface area contributed by atoms with E-state index in [2.05, 4.69) is 32.3 Å². The SMILES string of the molecule is COC(=O)CCn1c(=S)[nH]c2cc(I)ccc21. The molecule has 1 aromatic carbocycles. The fourth-order valence-corrected chi connectivity index (χ4v) is 2.45. The highest BCUT2D eigenvalue weighted by molar-refractivity contribution is 14.1. The van der Waals surface area contributed by atoms with E-state index in [9.17, 15) is 4.79 Å². The van der Waals surface area contributed by atoms with E-state index in [1.165, 1.54) is 7.11 Å². The van der Waals surface area contributed by atoms with Crippen LogP contribution >= 0.6 is 34.8 Å². The lowest BCUT2D eigenvalue weighted by Gasteiger charge is -2.03. The molecular weight excluding hydrogens is 351 g/mol. The fourth-order valence-electron chi connectivity index (χ4n) is 1.66. The number of hydrogen-bond acceptors (Lipinski definition) is 3. The molecule has 1 aromatic heterocycles. The Balaban J connectivity index is 2.36. The average Bonchev–Trinajstić information content (AvgIpc) is 2.61. The first-order valence-electron chi connectivity index (χ1n) is 5.06. The number of carbonyl (C=O) groups excluding carboxylic acids is 1. The first kappa shape index (κ1) is 12.6. The quantitative estimate of drug-likeness (QED) is 0.519. The van der Waals surface area contributed by atoms with Crippen molar-refractivity contribution in [2.45, 2.75) is 13.0 Å². The molecule has 2 rings (SSSR count). The Hall–Kier alpha value is -0.890. The maximum absolute atomic E-state index is 11.1. The summed E-state index contributed by atoms with van der Waals surface area (Å²) in [5.74, 6) is -0.230. The molecular formula is C11H11IN2O2S. The molecule has 1 N–H and O–H groups in total. The number of benzene rings is 1. The van der Waals surface area contributed by atoms with Gasteiger partial charge in [0, 0.05) is 10.1 Å². The van der Waals surface area contributed by atoms with Crippen molar-refractivity contribution < 1.29 is 9.53 Å². The minimum atomic E-state index is -0.230. The Kier molecular flexibility index (Phi) is 3.82. The molecule has 0 fully saturated rings. The molecule has 1 heterocycles. The number of carbonyl (C=O) groups is 1. The number of hydrogen-bond donors (Lipinski definition) is 1. The number of halogens is 1. The third-order valence-electron chi connectivity index (χ3n) is 2.50.